The third kappa shape index (κ3) is 9.23. The minimum absolute atomic E-state index is 0.176. The lowest BCUT2D eigenvalue weighted by atomic mass is 9.47. The Morgan fingerprint density at radius 3 is 2.25 bits per heavy atom. The molecule has 1 saturated heterocycles. The molecule has 0 bridgehead atoms. The highest BCUT2D eigenvalue weighted by Crippen LogP contribution is 2.67. The molecule has 5 rings (SSSR count). The van der Waals surface area contributed by atoms with Crippen molar-refractivity contribution in [2.45, 2.75) is 176 Å². The van der Waals surface area contributed by atoms with Crippen LogP contribution in [0.1, 0.15) is 159 Å². The Hall–Kier alpha value is -1.11. The van der Waals surface area contributed by atoms with Crippen molar-refractivity contribution in [1.82, 2.24) is 9.80 Å². The minimum Gasteiger partial charge on any atom is -0.378 e. The lowest BCUT2D eigenvalue weighted by molar-refractivity contribution is -0.103. The van der Waals surface area contributed by atoms with Crippen LogP contribution in [0.3, 0.4) is 0 Å². The van der Waals surface area contributed by atoms with Crippen LogP contribution in [0.5, 0.6) is 0 Å². The Morgan fingerprint density at radius 1 is 0.882 bits per heavy atom. The maximum Gasteiger partial charge on any atom is 0.193 e. The molecule has 8 unspecified atom stereocenters. The van der Waals surface area contributed by atoms with Gasteiger partial charge in [-0.1, -0.05) is 79.4 Å². The molecule has 6 nitrogen and oxygen atoms in total. The first-order chi connectivity index (χ1) is 24.2. The van der Waals surface area contributed by atoms with Crippen molar-refractivity contribution in [1.29, 1.82) is 5.41 Å². The van der Waals surface area contributed by atoms with Gasteiger partial charge in [-0.05, 0) is 137 Å². The fourth-order valence-corrected chi connectivity index (χ4v) is 11.8. The molecule has 294 valence electrons. The lowest BCUT2D eigenvalue weighted by Crippen LogP contribution is -2.51. The summed E-state index contributed by atoms with van der Waals surface area (Å²) in [6.45, 7) is 26.4. The summed E-state index contributed by atoms with van der Waals surface area (Å²) in [5, 5.41) is 8.22. The molecule has 0 aromatic heterocycles. The zero-order valence-corrected chi connectivity index (χ0v) is 35.1. The Labute approximate surface area is 315 Å². The Bertz CT molecular complexity index is 1170. The predicted octanol–water partition coefficient (Wildman–Crippen LogP) is 10.7. The van der Waals surface area contributed by atoms with E-state index in [1.807, 2.05) is 11.9 Å². The standard InChI is InChI=1S/C45H81N3O3/c1-11-42(6,50-30-25-43(7,12-2)51-31-28-48-27-26-47(10)41(48)46)24-29-49-36-20-22-44(8)35(32-36)16-17-37-39-19-18-38(34(5)15-13-14-33(3)4)45(39,9)23-21-40(37)44/h16,33-34,36-40,46H,11-15,17-32H2,1-10H3/t34?,36?,37?,38?,39?,40?,42?,43?,44-,45+/m0/s1. The number of nitrogens with one attached hydrogen (secondary N) is 1. The SMILES string of the molecule is CCC(C)(CCOC1CC[C@@]2(C)C(=CCC3C4CCC(C(C)CCCC(C)C)[C@@]4(C)CCC32)C1)OCCC(C)(CC)OCCN1CCN(C)C1=N. The van der Waals surface area contributed by atoms with Crippen molar-refractivity contribution in [3.8, 4) is 0 Å². The van der Waals surface area contributed by atoms with Crippen molar-refractivity contribution in [3.05, 3.63) is 11.6 Å². The van der Waals surface area contributed by atoms with Crippen LogP contribution in [0.25, 0.3) is 0 Å². The summed E-state index contributed by atoms with van der Waals surface area (Å²) in [6, 6.07) is 0. The molecule has 0 spiro atoms. The van der Waals surface area contributed by atoms with Gasteiger partial charge in [0, 0.05) is 33.3 Å². The van der Waals surface area contributed by atoms with Gasteiger partial charge in [-0.25, -0.2) is 0 Å². The molecule has 0 aromatic rings. The molecule has 6 heteroatoms. The molecule has 0 radical (unpaired) electrons. The van der Waals surface area contributed by atoms with Crippen LogP contribution in [0.15, 0.2) is 11.6 Å². The maximum absolute atomic E-state index is 8.22. The lowest BCUT2D eigenvalue weighted by Gasteiger charge is -2.58. The van der Waals surface area contributed by atoms with Gasteiger partial charge in [0.25, 0.3) is 0 Å². The zero-order valence-electron chi connectivity index (χ0n) is 35.1. The van der Waals surface area contributed by atoms with Gasteiger partial charge in [0.05, 0.1) is 30.5 Å². The number of allylic oxidation sites excluding steroid dienone is 1. The molecule has 51 heavy (non-hydrogen) atoms. The van der Waals surface area contributed by atoms with Gasteiger partial charge < -0.3 is 24.0 Å². The topological polar surface area (TPSA) is 58.0 Å². The van der Waals surface area contributed by atoms with Gasteiger partial charge in [-0.15, -0.1) is 0 Å². The van der Waals surface area contributed by atoms with Crippen LogP contribution in [0, 0.1) is 51.7 Å². The summed E-state index contributed by atoms with van der Waals surface area (Å²) in [5.74, 6) is 5.96. The second-order valence-electron chi connectivity index (χ2n) is 19.6. The van der Waals surface area contributed by atoms with Crippen LogP contribution in [0.2, 0.25) is 0 Å². The summed E-state index contributed by atoms with van der Waals surface area (Å²) >= 11 is 0. The van der Waals surface area contributed by atoms with Crippen molar-refractivity contribution in [3.63, 3.8) is 0 Å². The largest absolute Gasteiger partial charge is 0.378 e. The fraction of sp³-hybridized carbons (Fsp3) is 0.933. The highest BCUT2D eigenvalue weighted by atomic mass is 16.5. The number of rotatable bonds is 19. The fourth-order valence-electron chi connectivity index (χ4n) is 11.8. The average molecular weight is 712 g/mol. The molecular formula is C45H81N3O3. The first-order valence-electron chi connectivity index (χ1n) is 21.8. The third-order valence-corrected chi connectivity index (χ3v) is 16.0. The quantitative estimate of drug-likeness (QED) is 0.135. The molecule has 1 aliphatic heterocycles. The highest BCUT2D eigenvalue weighted by Gasteiger charge is 2.59. The van der Waals surface area contributed by atoms with Gasteiger partial charge >= 0.3 is 0 Å². The summed E-state index contributed by atoms with van der Waals surface area (Å²) < 4.78 is 19.7. The summed E-state index contributed by atoms with van der Waals surface area (Å²) in [4.78, 5) is 4.11. The second-order valence-corrected chi connectivity index (χ2v) is 19.6. The normalized spacial score (nSPS) is 35.2. The van der Waals surface area contributed by atoms with Crippen LogP contribution >= 0.6 is 0 Å². The van der Waals surface area contributed by atoms with Crippen molar-refractivity contribution in [2.24, 2.45) is 46.3 Å². The number of guanidine groups is 1. The van der Waals surface area contributed by atoms with Crippen molar-refractivity contribution in [2.75, 3.05) is 46.5 Å². The molecule has 5 aliphatic rings. The maximum atomic E-state index is 8.22. The first-order valence-corrected chi connectivity index (χ1v) is 21.8. The third-order valence-electron chi connectivity index (χ3n) is 16.0. The van der Waals surface area contributed by atoms with E-state index in [2.05, 4.69) is 73.3 Å². The van der Waals surface area contributed by atoms with Crippen molar-refractivity contribution >= 4 is 5.96 Å². The highest BCUT2D eigenvalue weighted by molar-refractivity contribution is 5.78. The van der Waals surface area contributed by atoms with Gasteiger partial charge in [0.1, 0.15) is 0 Å². The van der Waals surface area contributed by atoms with E-state index in [4.69, 9.17) is 19.6 Å². The minimum atomic E-state index is -0.206. The summed E-state index contributed by atoms with van der Waals surface area (Å²) in [6.07, 6.45) is 21.9. The molecule has 4 fully saturated rings. The number of ether oxygens (including phenoxy) is 3. The predicted molar refractivity (Wildman–Crippen MR) is 213 cm³/mol. The number of nitrogens with zero attached hydrogens (tertiary/aromatic N) is 2. The van der Waals surface area contributed by atoms with E-state index < -0.39 is 0 Å². The Kier molecular flexibility index (Phi) is 13.8. The molecule has 0 aromatic carbocycles. The van der Waals surface area contributed by atoms with Crippen LogP contribution in [0.4, 0.5) is 0 Å². The van der Waals surface area contributed by atoms with Crippen LogP contribution in [-0.4, -0.2) is 79.6 Å². The van der Waals surface area contributed by atoms with E-state index in [0.717, 1.165) is 93.9 Å². The van der Waals surface area contributed by atoms with E-state index in [-0.39, 0.29) is 11.2 Å². The zero-order chi connectivity index (χ0) is 37.0. The van der Waals surface area contributed by atoms with E-state index in [1.54, 1.807) is 5.57 Å². The van der Waals surface area contributed by atoms with E-state index in [9.17, 15) is 0 Å². The Morgan fingerprint density at radius 2 is 1.59 bits per heavy atom. The molecule has 1 heterocycles. The smallest absolute Gasteiger partial charge is 0.193 e. The van der Waals surface area contributed by atoms with Gasteiger partial charge in [-0.2, -0.15) is 0 Å². The summed E-state index contributed by atoms with van der Waals surface area (Å²) in [5.41, 5.74) is 2.30. The number of likely N-dealkylation sites (N-methyl/N-ethyl adjacent to an activating group) is 1. The van der Waals surface area contributed by atoms with Gasteiger partial charge in [-0.3, -0.25) is 5.41 Å². The number of hydrogen-bond acceptors (Lipinski definition) is 4. The van der Waals surface area contributed by atoms with Crippen molar-refractivity contribution < 1.29 is 14.2 Å². The molecular weight excluding hydrogens is 631 g/mol. The molecule has 10 atom stereocenters. The molecule has 4 aliphatic carbocycles. The number of hydrogen-bond donors (Lipinski definition) is 1. The molecule has 1 N–H and O–H groups in total. The molecule has 0 amide bonds. The monoisotopic (exact) mass is 712 g/mol. The number of fused-ring (bicyclic) bond motifs is 5. The van der Waals surface area contributed by atoms with Crippen LogP contribution < -0.4 is 0 Å². The molecule has 3 saturated carbocycles. The van der Waals surface area contributed by atoms with E-state index in [0.29, 0.717) is 36.1 Å². The first kappa shape index (κ1) is 41.1. The van der Waals surface area contributed by atoms with Gasteiger partial charge in [0.2, 0.25) is 0 Å². The Balaban J connectivity index is 1.06. The van der Waals surface area contributed by atoms with Crippen LogP contribution in [-0.2, 0) is 14.2 Å². The van der Waals surface area contributed by atoms with Gasteiger partial charge in [0.15, 0.2) is 5.96 Å². The van der Waals surface area contributed by atoms with E-state index in [1.165, 1.54) is 64.2 Å². The van der Waals surface area contributed by atoms with E-state index >= 15 is 0 Å². The average Bonchev–Trinajstić information content (AvgIpc) is 3.62. The second kappa shape index (κ2) is 17.1. The summed E-state index contributed by atoms with van der Waals surface area (Å²) in [7, 11) is 1.99.